The second-order valence-electron chi connectivity index (χ2n) is 2.94. The predicted molar refractivity (Wildman–Crippen MR) is 56.2 cm³/mol. The van der Waals surface area contributed by atoms with Crippen LogP contribution in [0.2, 0.25) is 5.02 Å². The predicted octanol–water partition coefficient (Wildman–Crippen LogP) is 1.68. The van der Waals surface area contributed by atoms with Gasteiger partial charge in [0.15, 0.2) is 0 Å². The summed E-state index contributed by atoms with van der Waals surface area (Å²) in [7, 11) is 0. The first-order valence-corrected chi connectivity index (χ1v) is 4.75. The molecule has 0 aliphatic heterocycles. The van der Waals surface area contributed by atoms with E-state index in [4.69, 9.17) is 16.0 Å². The minimum atomic E-state index is -0.420. The first-order chi connectivity index (χ1) is 7.66. The van der Waals surface area contributed by atoms with E-state index in [0.29, 0.717) is 11.5 Å². The Morgan fingerprint density at radius 1 is 1.50 bits per heavy atom. The van der Waals surface area contributed by atoms with Crippen LogP contribution in [0.4, 0.5) is 6.01 Å². The molecule has 0 atom stereocenters. The molecule has 2 aromatic heterocycles. The maximum absolute atomic E-state index is 11.7. The van der Waals surface area contributed by atoms with Crippen molar-refractivity contribution < 1.29 is 9.21 Å². The summed E-state index contributed by atoms with van der Waals surface area (Å²) in [5, 5.41) is 9.90. The van der Waals surface area contributed by atoms with Gasteiger partial charge < -0.3 is 4.42 Å². The van der Waals surface area contributed by atoms with E-state index in [1.807, 2.05) is 0 Å². The van der Waals surface area contributed by atoms with Gasteiger partial charge in [-0.1, -0.05) is 16.7 Å². The molecule has 0 aromatic carbocycles. The maximum atomic E-state index is 11.7. The van der Waals surface area contributed by atoms with Crippen molar-refractivity contribution in [2.75, 3.05) is 5.32 Å². The highest BCUT2D eigenvalue weighted by Gasteiger charge is 2.12. The number of carbonyl (C=O) groups excluding carboxylic acids is 1. The number of pyridine rings is 1. The quantitative estimate of drug-likeness (QED) is 0.861. The average Bonchev–Trinajstić information content (AvgIpc) is 2.64. The topological polar surface area (TPSA) is 80.9 Å². The molecule has 2 aromatic rings. The summed E-state index contributed by atoms with van der Waals surface area (Å²) in [6.45, 7) is 1.63. The number of amides is 1. The molecule has 7 heteroatoms. The number of nitrogens with zero attached hydrogens (tertiary/aromatic N) is 3. The largest absolute Gasteiger partial charge is 0.408 e. The third-order valence-electron chi connectivity index (χ3n) is 1.76. The number of carbonyl (C=O) groups is 1. The Bertz CT molecular complexity index is 526. The summed E-state index contributed by atoms with van der Waals surface area (Å²) in [6.07, 6.45) is 2.86. The van der Waals surface area contributed by atoms with Crippen molar-refractivity contribution in [2.24, 2.45) is 0 Å². The van der Waals surface area contributed by atoms with Crippen LogP contribution in [0, 0.1) is 6.92 Å². The van der Waals surface area contributed by atoms with E-state index in [-0.39, 0.29) is 11.0 Å². The Kier molecular flexibility index (Phi) is 2.82. The van der Waals surface area contributed by atoms with Gasteiger partial charge in [-0.3, -0.25) is 15.1 Å². The van der Waals surface area contributed by atoms with Crippen molar-refractivity contribution in [2.45, 2.75) is 6.92 Å². The molecule has 0 saturated carbocycles. The zero-order valence-electron chi connectivity index (χ0n) is 8.27. The molecule has 0 saturated heterocycles. The van der Waals surface area contributed by atoms with E-state index < -0.39 is 5.91 Å². The van der Waals surface area contributed by atoms with Crippen LogP contribution < -0.4 is 5.32 Å². The third kappa shape index (κ3) is 2.17. The molecular weight excluding hydrogens is 232 g/mol. The van der Waals surface area contributed by atoms with Gasteiger partial charge in [-0.05, 0) is 6.07 Å². The third-order valence-corrected chi connectivity index (χ3v) is 2.06. The Balaban J connectivity index is 2.18. The van der Waals surface area contributed by atoms with Crippen molar-refractivity contribution in [3.05, 3.63) is 34.9 Å². The lowest BCUT2D eigenvalue weighted by Crippen LogP contribution is -2.12. The van der Waals surface area contributed by atoms with Crippen LogP contribution in [0.1, 0.15) is 16.2 Å². The molecule has 16 heavy (non-hydrogen) atoms. The Morgan fingerprint density at radius 2 is 2.31 bits per heavy atom. The van der Waals surface area contributed by atoms with Gasteiger partial charge in [-0.25, -0.2) is 0 Å². The lowest BCUT2D eigenvalue weighted by molar-refractivity contribution is 0.102. The summed E-state index contributed by atoms with van der Waals surface area (Å²) >= 11 is 5.80. The van der Waals surface area contributed by atoms with Crippen LogP contribution in [-0.4, -0.2) is 21.1 Å². The molecule has 6 nitrogen and oxygen atoms in total. The number of aryl methyl sites for hydroxylation is 1. The Hall–Kier alpha value is -1.95. The van der Waals surface area contributed by atoms with E-state index in [1.54, 1.807) is 6.92 Å². The summed E-state index contributed by atoms with van der Waals surface area (Å²) in [5.74, 6) is -0.0489. The Labute approximate surface area is 95.7 Å². The zero-order valence-corrected chi connectivity index (χ0v) is 9.02. The van der Waals surface area contributed by atoms with Crippen LogP contribution in [0.25, 0.3) is 0 Å². The van der Waals surface area contributed by atoms with Crippen molar-refractivity contribution >= 4 is 23.5 Å². The molecule has 0 aliphatic rings. The normalized spacial score (nSPS) is 10.1. The fraction of sp³-hybridized carbons (Fsp3) is 0.111. The number of hydrogen-bond donors (Lipinski definition) is 1. The monoisotopic (exact) mass is 238 g/mol. The molecule has 82 valence electrons. The molecule has 0 unspecified atom stereocenters. The number of anilines is 1. The standard InChI is InChI=1S/C9H7ClN4O2/c1-5-13-14-9(16-5)12-8(15)6-2-3-11-4-7(6)10/h2-4H,1H3,(H,12,14,15). The van der Waals surface area contributed by atoms with E-state index in [9.17, 15) is 4.79 Å². The van der Waals surface area contributed by atoms with Crippen molar-refractivity contribution in [1.82, 2.24) is 15.2 Å². The molecule has 0 radical (unpaired) electrons. The van der Waals surface area contributed by atoms with Gasteiger partial charge in [0.2, 0.25) is 5.89 Å². The van der Waals surface area contributed by atoms with E-state index in [1.165, 1.54) is 18.5 Å². The molecule has 0 fully saturated rings. The minimum Gasteiger partial charge on any atom is -0.408 e. The first kappa shape index (κ1) is 10.6. The van der Waals surface area contributed by atoms with Crippen LogP contribution in [0.15, 0.2) is 22.9 Å². The summed E-state index contributed by atoms with van der Waals surface area (Å²) in [4.78, 5) is 15.5. The average molecular weight is 239 g/mol. The van der Waals surface area contributed by atoms with Gasteiger partial charge in [0, 0.05) is 19.3 Å². The maximum Gasteiger partial charge on any atom is 0.322 e. The molecule has 0 aliphatic carbocycles. The zero-order chi connectivity index (χ0) is 11.5. The van der Waals surface area contributed by atoms with Crippen LogP contribution in [0.5, 0.6) is 0 Å². The van der Waals surface area contributed by atoms with Crippen molar-refractivity contribution in [3.63, 3.8) is 0 Å². The second kappa shape index (κ2) is 4.28. The number of halogens is 1. The SMILES string of the molecule is Cc1nnc(NC(=O)c2ccncc2Cl)o1. The van der Waals surface area contributed by atoms with Crippen LogP contribution in [0.3, 0.4) is 0 Å². The van der Waals surface area contributed by atoms with Crippen molar-refractivity contribution in [3.8, 4) is 0 Å². The first-order valence-electron chi connectivity index (χ1n) is 4.38. The molecule has 1 amide bonds. The van der Waals surface area contributed by atoms with Gasteiger partial charge in [0.1, 0.15) is 0 Å². The van der Waals surface area contributed by atoms with Crippen molar-refractivity contribution in [1.29, 1.82) is 0 Å². The molecule has 1 N–H and O–H groups in total. The van der Waals surface area contributed by atoms with Gasteiger partial charge in [-0.15, -0.1) is 5.10 Å². The highest BCUT2D eigenvalue weighted by molar-refractivity contribution is 6.34. The lowest BCUT2D eigenvalue weighted by Gasteiger charge is -2.01. The fourth-order valence-electron chi connectivity index (χ4n) is 1.07. The highest BCUT2D eigenvalue weighted by Crippen LogP contribution is 2.15. The summed E-state index contributed by atoms with van der Waals surface area (Å²) in [5.41, 5.74) is 0.299. The molecular formula is C9H7ClN4O2. The van der Waals surface area contributed by atoms with Crippen LogP contribution in [-0.2, 0) is 0 Å². The smallest absolute Gasteiger partial charge is 0.322 e. The van der Waals surface area contributed by atoms with Gasteiger partial charge in [0.05, 0.1) is 10.6 Å². The summed E-state index contributed by atoms with van der Waals surface area (Å²) in [6, 6.07) is 1.54. The van der Waals surface area contributed by atoms with E-state index in [0.717, 1.165) is 0 Å². The number of hydrogen-bond acceptors (Lipinski definition) is 5. The van der Waals surface area contributed by atoms with Gasteiger partial charge >= 0.3 is 6.01 Å². The Morgan fingerprint density at radius 3 is 2.94 bits per heavy atom. The van der Waals surface area contributed by atoms with E-state index in [2.05, 4.69) is 20.5 Å². The van der Waals surface area contributed by atoms with Crippen LogP contribution >= 0.6 is 11.6 Å². The second-order valence-corrected chi connectivity index (χ2v) is 3.34. The number of aromatic nitrogens is 3. The molecule has 0 bridgehead atoms. The molecule has 0 spiro atoms. The summed E-state index contributed by atoms with van der Waals surface area (Å²) < 4.78 is 5.00. The number of nitrogens with one attached hydrogen (secondary N) is 1. The van der Waals surface area contributed by atoms with Gasteiger partial charge in [-0.2, -0.15) is 0 Å². The lowest BCUT2D eigenvalue weighted by atomic mass is 10.2. The molecule has 2 rings (SSSR count). The van der Waals surface area contributed by atoms with E-state index >= 15 is 0 Å². The fourth-order valence-corrected chi connectivity index (χ4v) is 1.28. The number of rotatable bonds is 2. The minimum absolute atomic E-state index is 0.0374. The molecule has 2 heterocycles. The highest BCUT2D eigenvalue weighted by atomic mass is 35.5. The van der Waals surface area contributed by atoms with Gasteiger partial charge in [0.25, 0.3) is 5.91 Å².